The Hall–Kier alpha value is -0.570. The molecule has 0 aliphatic heterocycles. The Kier molecular flexibility index (Phi) is 3.77. The maximum Gasteiger partial charge on any atom is 0.308 e. The zero-order valence-electron chi connectivity index (χ0n) is 10.0. The molecule has 1 atom stereocenters. The summed E-state index contributed by atoms with van der Waals surface area (Å²) in [5.41, 5.74) is -0.701. The lowest BCUT2D eigenvalue weighted by atomic mass is 9.69. The van der Waals surface area contributed by atoms with E-state index < -0.39 is 5.60 Å². The van der Waals surface area contributed by atoms with E-state index in [-0.39, 0.29) is 17.8 Å². The number of carbonyl (C=O) groups is 1. The van der Waals surface area contributed by atoms with Crippen LogP contribution in [0.25, 0.3) is 0 Å². The van der Waals surface area contributed by atoms with Gasteiger partial charge in [0.25, 0.3) is 0 Å². The summed E-state index contributed by atoms with van der Waals surface area (Å²) < 4.78 is 4.88. The van der Waals surface area contributed by atoms with Gasteiger partial charge in [-0.15, -0.1) is 0 Å². The molecule has 3 heteroatoms. The SMILES string of the molecule is CCOC(=O)CC1(O)CCCC(C)(C)C1. The highest BCUT2D eigenvalue weighted by Crippen LogP contribution is 2.42. The molecule has 0 saturated heterocycles. The van der Waals surface area contributed by atoms with E-state index in [1.54, 1.807) is 6.92 Å². The minimum Gasteiger partial charge on any atom is -0.466 e. The molecule has 1 aliphatic carbocycles. The number of carbonyl (C=O) groups excluding carboxylic acids is 1. The molecule has 0 radical (unpaired) electrons. The van der Waals surface area contributed by atoms with Crippen molar-refractivity contribution in [1.82, 2.24) is 0 Å². The van der Waals surface area contributed by atoms with Crippen molar-refractivity contribution in [3.63, 3.8) is 0 Å². The van der Waals surface area contributed by atoms with Crippen molar-refractivity contribution in [2.45, 2.75) is 58.5 Å². The molecule has 1 unspecified atom stereocenters. The molecule has 0 heterocycles. The Labute approximate surface area is 91.8 Å². The minimum absolute atomic E-state index is 0.138. The summed E-state index contributed by atoms with van der Waals surface area (Å²) in [6.07, 6.45) is 3.67. The standard InChI is InChI=1S/C12H22O3/c1-4-15-10(13)8-12(14)7-5-6-11(2,3)9-12/h14H,4-9H2,1-3H3. The van der Waals surface area contributed by atoms with Gasteiger partial charge in [-0.3, -0.25) is 4.79 Å². The van der Waals surface area contributed by atoms with E-state index in [4.69, 9.17) is 4.74 Å². The first-order valence-electron chi connectivity index (χ1n) is 5.75. The molecule has 1 N–H and O–H groups in total. The first-order valence-corrected chi connectivity index (χ1v) is 5.75. The van der Waals surface area contributed by atoms with Crippen molar-refractivity contribution < 1.29 is 14.6 Å². The van der Waals surface area contributed by atoms with Crippen molar-refractivity contribution in [3.8, 4) is 0 Å². The monoisotopic (exact) mass is 214 g/mol. The van der Waals surface area contributed by atoms with Gasteiger partial charge in [0.15, 0.2) is 0 Å². The van der Waals surface area contributed by atoms with Crippen LogP contribution in [0.5, 0.6) is 0 Å². The zero-order chi connectivity index (χ0) is 11.5. The molecular weight excluding hydrogens is 192 g/mol. The maximum atomic E-state index is 11.3. The summed E-state index contributed by atoms with van der Waals surface area (Å²) in [7, 11) is 0. The van der Waals surface area contributed by atoms with Crippen LogP contribution in [0.3, 0.4) is 0 Å². The van der Waals surface area contributed by atoms with Gasteiger partial charge in [0.05, 0.1) is 18.6 Å². The number of rotatable bonds is 3. The topological polar surface area (TPSA) is 46.5 Å². The summed E-state index contributed by atoms with van der Waals surface area (Å²) in [5.74, 6) is -0.280. The quantitative estimate of drug-likeness (QED) is 0.733. The van der Waals surface area contributed by atoms with Crippen LogP contribution >= 0.6 is 0 Å². The Bertz CT molecular complexity index is 235. The van der Waals surface area contributed by atoms with E-state index in [0.29, 0.717) is 13.0 Å². The molecule has 1 rings (SSSR count). The first kappa shape index (κ1) is 12.5. The van der Waals surface area contributed by atoms with Gasteiger partial charge in [0.2, 0.25) is 0 Å². The molecule has 1 fully saturated rings. The van der Waals surface area contributed by atoms with E-state index in [1.165, 1.54) is 0 Å². The fourth-order valence-corrected chi connectivity index (χ4v) is 2.60. The van der Waals surface area contributed by atoms with Crippen LogP contribution in [0.1, 0.15) is 52.9 Å². The van der Waals surface area contributed by atoms with Gasteiger partial charge in [-0.05, 0) is 31.6 Å². The first-order chi connectivity index (χ1) is 6.87. The molecular formula is C12H22O3. The zero-order valence-corrected chi connectivity index (χ0v) is 10.0. The minimum atomic E-state index is -0.839. The van der Waals surface area contributed by atoms with E-state index in [1.807, 2.05) is 0 Å². The Morgan fingerprint density at radius 2 is 2.07 bits per heavy atom. The highest BCUT2D eigenvalue weighted by molar-refractivity contribution is 5.70. The van der Waals surface area contributed by atoms with Crippen LogP contribution in [0.2, 0.25) is 0 Å². The molecule has 0 aromatic rings. The lowest BCUT2D eigenvalue weighted by molar-refractivity contribution is -0.151. The highest BCUT2D eigenvalue weighted by atomic mass is 16.5. The van der Waals surface area contributed by atoms with Gasteiger partial charge in [0.1, 0.15) is 0 Å². The molecule has 3 nitrogen and oxygen atoms in total. The molecule has 1 aliphatic rings. The predicted octanol–water partition coefficient (Wildman–Crippen LogP) is 2.27. The number of ether oxygens (including phenoxy) is 1. The Balaban J connectivity index is 2.54. The van der Waals surface area contributed by atoms with Crippen LogP contribution in [-0.2, 0) is 9.53 Å². The third-order valence-electron chi connectivity index (χ3n) is 3.08. The Morgan fingerprint density at radius 1 is 1.40 bits per heavy atom. The summed E-state index contributed by atoms with van der Waals surface area (Å²) in [5, 5.41) is 10.3. The second kappa shape index (κ2) is 4.52. The highest BCUT2D eigenvalue weighted by Gasteiger charge is 2.40. The molecule has 0 aromatic heterocycles. The third-order valence-corrected chi connectivity index (χ3v) is 3.08. The summed E-state index contributed by atoms with van der Waals surface area (Å²) >= 11 is 0. The van der Waals surface area contributed by atoms with Crippen molar-refractivity contribution in [2.24, 2.45) is 5.41 Å². The molecule has 0 bridgehead atoms. The lowest BCUT2D eigenvalue weighted by Gasteiger charge is -2.41. The molecule has 88 valence electrons. The summed E-state index contributed by atoms with van der Waals surface area (Å²) in [4.78, 5) is 11.3. The molecule has 1 saturated carbocycles. The smallest absolute Gasteiger partial charge is 0.308 e. The summed E-state index contributed by atoms with van der Waals surface area (Å²) in [6, 6.07) is 0. The fourth-order valence-electron chi connectivity index (χ4n) is 2.60. The van der Waals surface area contributed by atoms with E-state index in [0.717, 1.165) is 19.3 Å². The van der Waals surface area contributed by atoms with Gasteiger partial charge in [-0.1, -0.05) is 20.3 Å². The number of hydrogen-bond acceptors (Lipinski definition) is 3. The second-order valence-electron chi connectivity index (χ2n) is 5.40. The van der Waals surface area contributed by atoms with E-state index in [9.17, 15) is 9.90 Å². The maximum absolute atomic E-state index is 11.3. The van der Waals surface area contributed by atoms with Gasteiger partial charge in [0, 0.05) is 0 Å². The van der Waals surface area contributed by atoms with E-state index >= 15 is 0 Å². The van der Waals surface area contributed by atoms with Gasteiger partial charge < -0.3 is 9.84 Å². The van der Waals surface area contributed by atoms with Crippen LogP contribution in [0.15, 0.2) is 0 Å². The van der Waals surface area contributed by atoms with Crippen LogP contribution < -0.4 is 0 Å². The van der Waals surface area contributed by atoms with Crippen LogP contribution in [0.4, 0.5) is 0 Å². The van der Waals surface area contributed by atoms with Crippen molar-refractivity contribution in [3.05, 3.63) is 0 Å². The molecule has 0 amide bonds. The number of esters is 1. The average Bonchev–Trinajstić information content (AvgIpc) is 1.99. The van der Waals surface area contributed by atoms with Gasteiger partial charge in [-0.25, -0.2) is 0 Å². The Morgan fingerprint density at radius 3 is 2.60 bits per heavy atom. The predicted molar refractivity (Wildman–Crippen MR) is 58.4 cm³/mol. The fraction of sp³-hybridized carbons (Fsp3) is 0.917. The lowest BCUT2D eigenvalue weighted by Crippen LogP contribution is -2.41. The summed E-state index contributed by atoms with van der Waals surface area (Å²) in [6.45, 7) is 6.45. The third kappa shape index (κ3) is 3.82. The average molecular weight is 214 g/mol. The van der Waals surface area contributed by atoms with Crippen LogP contribution in [0, 0.1) is 5.41 Å². The van der Waals surface area contributed by atoms with Crippen molar-refractivity contribution in [2.75, 3.05) is 6.61 Å². The van der Waals surface area contributed by atoms with Gasteiger partial charge in [-0.2, -0.15) is 0 Å². The largest absolute Gasteiger partial charge is 0.466 e. The second-order valence-corrected chi connectivity index (χ2v) is 5.40. The normalized spacial score (nSPS) is 29.9. The van der Waals surface area contributed by atoms with Gasteiger partial charge >= 0.3 is 5.97 Å². The van der Waals surface area contributed by atoms with Crippen molar-refractivity contribution >= 4 is 5.97 Å². The van der Waals surface area contributed by atoms with Crippen molar-refractivity contribution in [1.29, 1.82) is 0 Å². The van der Waals surface area contributed by atoms with E-state index in [2.05, 4.69) is 13.8 Å². The molecule has 15 heavy (non-hydrogen) atoms. The number of aliphatic hydroxyl groups is 1. The van der Waals surface area contributed by atoms with Crippen LogP contribution in [-0.4, -0.2) is 23.3 Å². The molecule has 0 aromatic carbocycles. The number of hydrogen-bond donors (Lipinski definition) is 1. The molecule has 0 spiro atoms.